The van der Waals surface area contributed by atoms with Crippen molar-refractivity contribution in [3.05, 3.63) is 12.2 Å². The Balaban J connectivity index is 3.75. The third-order valence-electron chi connectivity index (χ3n) is 1.37. The molecule has 0 rings (SSSR count). The molecular weight excluding hydrogens is 130 g/mol. The first kappa shape index (κ1) is 9.62. The minimum absolute atomic E-state index is 0.0536. The van der Waals surface area contributed by atoms with Crippen LogP contribution in [0.2, 0.25) is 0 Å². The zero-order valence-electron chi connectivity index (χ0n) is 6.41. The molecule has 3 nitrogen and oxygen atoms in total. The average molecular weight is 145 g/mol. The van der Waals surface area contributed by atoms with Crippen LogP contribution in [0, 0.1) is 0 Å². The summed E-state index contributed by atoms with van der Waals surface area (Å²) in [5.74, 6) is 0. The van der Waals surface area contributed by atoms with Crippen LogP contribution >= 0.6 is 0 Å². The maximum absolute atomic E-state index is 9.20. The van der Waals surface area contributed by atoms with Crippen molar-refractivity contribution >= 4 is 0 Å². The molecule has 0 saturated carbocycles. The summed E-state index contributed by atoms with van der Waals surface area (Å²) in [6.07, 6.45) is 2.79. The van der Waals surface area contributed by atoms with Crippen molar-refractivity contribution in [1.29, 1.82) is 0 Å². The first-order valence-corrected chi connectivity index (χ1v) is 3.35. The third-order valence-corrected chi connectivity index (χ3v) is 1.37. The van der Waals surface area contributed by atoms with E-state index in [0.717, 1.165) is 0 Å². The lowest BCUT2D eigenvalue weighted by molar-refractivity contribution is 0.128. The monoisotopic (exact) mass is 145 g/mol. The van der Waals surface area contributed by atoms with Crippen LogP contribution in [-0.2, 0) is 0 Å². The predicted molar refractivity (Wildman–Crippen MR) is 40.8 cm³/mol. The second kappa shape index (κ2) is 5.41. The SMILES string of the molecule is C/C=C/[C@H](O)[C@H](CO)NC. The Kier molecular flexibility index (Phi) is 5.20. The number of allylic oxidation sites excluding steroid dienone is 1. The van der Waals surface area contributed by atoms with Gasteiger partial charge in [-0.15, -0.1) is 0 Å². The van der Waals surface area contributed by atoms with Crippen molar-refractivity contribution in [2.75, 3.05) is 13.7 Å². The smallest absolute Gasteiger partial charge is 0.0896 e. The van der Waals surface area contributed by atoms with E-state index in [1.54, 1.807) is 19.2 Å². The van der Waals surface area contributed by atoms with Crippen LogP contribution in [-0.4, -0.2) is 36.0 Å². The molecule has 0 amide bonds. The van der Waals surface area contributed by atoms with Crippen LogP contribution in [0.25, 0.3) is 0 Å². The Hall–Kier alpha value is -0.380. The average Bonchev–Trinajstić information content (AvgIpc) is 1.91. The van der Waals surface area contributed by atoms with E-state index in [0.29, 0.717) is 0 Å². The zero-order valence-corrected chi connectivity index (χ0v) is 6.41. The van der Waals surface area contributed by atoms with E-state index in [2.05, 4.69) is 5.32 Å². The molecule has 0 radical (unpaired) electrons. The van der Waals surface area contributed by atoms with Gasteiger partial charge in [-0.3, -0.25) is 0 Å². The van der Waals surface area contributed by atoms with Crippen molar-refractivity contribution in [1.82, 2.24) is 5.32 Å². The van der Waals surface area contributed by atoms with Gasteiger partial charge in [0, 0.05) is 0 Å². The molecular formula is C7H15NO2. The fraction of sp³-hybridized carbons (Fsp3) is 0.714. The van der Waals surface area contributed by atoms with Crippen molar-refractivity contribution < 1.29 is 10.2 Å². The molecule has 0 aliphatic carbocycles. The first-order chi connectivity index (χ1) is 4.76. The minimum atomic E-state index is -0.597. The van der Waals surface area contributed by atoms with Gasteiger partial charge in [-0.1, -0.05) is 12.2 Å². The second-order valence-corrected chi connectivity index (χ2v) is 2.09. The van der Waals surface area contributed by atoms with Crippen LogP contribution in [0.15, 0.2) is 12.2 Å². The third kappa shape index (κ3) is 2.96. The highest BCUT2D eigenvalue weighted by Crippen LogP contribution is 1.93. The predicted octanol–water partition coefficient (Wildman–Crippen LogP) is -0.496. The summed E-state index contributed by atoms with van der Waals surface area (Å²) in [6, 6.07) is -0.254. The molecule has 0 aliphatic heterocycles. The molecule has 2 atom stereocenters. The van der Waals surface area contributed by atoms with Gasteiger partial charge >= 0.3 is 0 Å². The van der Waals surface area contributed by atoms with E-state index >= 15 is 0 Å². The van der Waals surface area contributed by atoms with Crippen molar-refractivity contribution in [3.63, 3.8) is 0 Å². The van der Waals surface area contributed by atoms with Crippen molar-refractivity contribution in [3.8, 4) is 0 Å². The molecule has 0 unspecified atom stereocenters. The van der Waals surface area contributed by atoms with Gasteiger partial charge in [0.15, 0.2) is 0 Å². The van der Waals surface area contributed by atoms with E-state index in [1.807, 2.05) is 6.92 Å². The maximum Gasteiger partial charge on any atom is 0.0896 e. The summed E-state index contributed by atoms with van der Waals surface area (Å²) in [6.45, 7) is 1.77. The van der Waals surface area contributed by atoms with E-state index < -0.39 is 6.10 Å². The number of likely N-dealkylation sites (N-methyl/N-ethyl adjacent to an activating group) is 1. The minimum Gasteiger partial charge on any atom is -0.395 e. The number of nitrogens with one attached hydrogen (secondary N) is 1. The Morgan fingerprint density at radius 1 is 1.60 bits per heavy atom. The summed E-state index contributed by atoms with van der Waals surface area (Å²) in [4.78, 5) is 0. The quantitative estimate of drug-likeness (QED) is 0.468. The Bertz CT molecular complexity index is 99.8. The maximum atomic E-state index is 9.20. The highest BCUT2D eigenvalue weighted by molar-refractivity contribution is 4.92. The van der Waals surface area contributed by atoms with Crippen LogP contribution in [0.3, 0.4) is 0 Å². The van der Waals surface area contributed by atoms with Gasteiger partial charge in [0.2, 0.25) is 0 Å². The largest absolute Gasteiger partial charge is 0.395 e. The molecule has 0 aliphatic rings. The normalized spacial score (nSPS) is 17.6. The lowest BCUT2D eigenvalue weighted by Crippen LogP contribution is -2.39. The summed E-state index contributed by atoms with van der Waals surface area (Å²) in [7, 11) is 1.70. The molecule has 3 heteroatoms. The molecule has 0 aromatic rings. The van der Waals surface area contributed by atoms with Gasteiger partial charge in [0.1, 0.15) is 0 Å². The van der Waals surface area contributed by atoms with E-state index in [1.165, 1.54) is 0 Å². The molecule has 0 heterocycles. The standard InChI is InChI=1S/C7H15NO2/c1-3-4-7(10)6(5-9)8-2/h3-4,6-10H,5H2,1-2H3/b4-3+/t6-,7-/m0/s1. The Morgan fingerprint density at radius 2 is 2.20 bits per heavy atom. The molecule has 10 heavy (non-hydrogen) atoms. The lowest BCUT2D eigenvalue weighted by atomic mass is 10.1. The van der Waals surface area contributed by atoms with Crippen molar-refractivity contribution in [2.24, 2.45) is 0 Å². The number of hydrogen-bond acceptors (Lipinski definition) is 3. The van der Waals surface area contributed by atoms with E-state index in [9.17, 15) is 5.11 Å². The number of aliphatic hydroxyl groups is 2. The molecule has 3 N–H and O–H groups in total. The Labute approximate surface area is 61.4 Å². The topological polar surface area (TPSA) is 52.5 Å². The zero-order chi connectivity index (χ0) is 7.98. The summed E-state index contributed by atoms with van der Waals surface area (Å²) in [5.41, 5.74) is 0. The molecule has 0 aromatic heterocycles. The van der Waals surface area contributed by atoms with Crippen LogP contribution in [0.4, 0.5) is 0 Å². The van der Waals surface area contributed by atoms with Crippen LogP contribution in [0.5, 0.6) is 0 Å². The van der Waals surface area contributed by atoms with Gasteiger partial charge in [-0.05, 0) is 14.0 Å². The second-order valence-electron chi connectivity index (χ2n) is 2.09. The van der Waals surface area contributed by atoms with Gasteiger partial charge in [-0.25, -0.2) is 0 Å². The van der Waals surface area contributed by atoms with Crippen LogP contribution in [0.1, 0.15) is 6.92 Å². The van der Waals surface area contributed by atoms with Gasteiger partial charge in [0.05, 0.1) is 18.8 Å². The molecule has 0 bridgehead atoms. The fourth-order valence-corrected chi connectivity index (χ4v) is 0.701. The summed E-state index contributed by atoms with van der Waals surface area (Å²) in [5, 5.41) is 20.7. The number of aliphatic hydroxyl groups excluding tert-OH is 2. The Morgan fingerprint density at radius 3 is 2.50 bits per heavy atom. The molecule has 60 valence electrons. The molecule has 0 saturated heterocycles. The van der Waals surface area contributed by atoms with E-state index in [-0.39, 0.29) is 12.6 Å². The van der Waals surface area contributed by atoms with Crippen molar-refractivity contribution in [2.45, 2.75) is 19.1 Å². The van der Waals surface area contributed by atoms with E-state index in [4.69, 9.17) is 5.11 Å². The number of rotatable bonds is 4. The molecule has 0 spiro atoms. The highest BCUT2D eigenvalue weighted by atomic mass is 16.3. The number of hydrogen-bond donors (Lipinski definition) is 3. The summed E-state index contributed by atoms with van der Waals surface area (Å²) < 4.78 is 0. The summed E-state index contributed by atoms with van der Waals surface area (Å²) >= 11 is 0. The van der Waals surface area contributed by atoms with Crippen LogP contribution < -0.4 is 5.32 Å². The molecule has 0 aromatic carbocycles. The lowest BCUT2D eigenvalue weighted by Gasteiger charge is -2.16. The highest BCUT2D eigenvalue weighted by Gasteiger charge is 2.11. The first-order valence-electron chi connectivity index (χ1n) is 3.35. The van der Waals surface area contributed by atoms with Gasteiger partial charge < -0.3 is 15.5 Å². The molecule has 0 fully saturated rings. The van der Waals surface area contributed by atoms with Gasteiger partial charge in [-0.2, -0.15) is 0 Å². The van der Waals surface area contributed by atoms with Gasteiger partial charge in [0.25, 0.3) is 0 Å². The fourth-order valence-electron chi connectivity index (χ4n) is 0.701.